The van der Waals surface area contributed by atoms with Gasteiger partial charge in [-0.25, -0.2) is 4.98 Å². The van der Waals surface area contributed by atoms with Crippen LogP contribution in [0.15, 0.2) is 17.3 Å². The van der Waals surface area contributed by atoms with Crippen molar-refractivity contribution in [1.82, 2.24) is 4.98 Å². The van der Waals surface area contributed by atoms with Crippen LogP contribution in [-0.4, -0.2) is 10.7 Å². The van der Waals surface area contributed by atoms with E-state index in [0.29, 0.717) is 22.3 Å². The molecule has 0 aromatic carbocycles. The van der Waals surface area contributed by atoms with Gasteiger partial charge in [-0.1, -0.05) is 23.2 Å². The Balaban J connectivity index is 2.89. The van der Waals surface area contributed by atoms with Crippen LogP contribution in [0.25, 0.3) is 0 Å². The van der Waals surface area contributed by atoms with Crippen molar-refractivity contribution in [3.05, 3.63) is 28.0 Å². The molecule has 1 aromatic rings. The van der Waals surface area contributed by atoms with Crippen LogP contribution >= 0.6 is 23.2 Å². The van der Waals surface area contributed by atoms with Gasteiger partial charge in [0.2, 0.25) is 6.19 Å². The lowest BCUT2D eigenvalue weighted by Crippen LogP contribution is -1.98. The van der Waals surface area contributed by atoms with Crippen molar-refractivity contribution in [3.63, 3.8) is 0 Å². The van der Waals surface area contributed by atoms with Crippen LogP contribution in [0, 0.1) is 11.5 Å². The average molecular weight is 228 g/mol. The van der Waals surface area contributed by atoms with Gasteiger partial charge in [0.15, 0.2) is 0 Å². The van der Waals surface area contributed by atoms with E-state index >= 15 is 0 Å². The van der Waals surface area contributed by atoms with Crippen LogP contribution < -0.4 is 0 Å². The molecule has 0 saturated heterocycles. The predicted octanol–water partition coefficient (Wildman–Crippen LogP) is 2.87. The summed E-state index contributed by atoms with van der Waals surface area (Å²) in [5.41, 5.74) is 1.51. The molecule has 1 aromatic heterocycles. The Hall–Kier alpha value is -1.11. The van der Waals surface area contributed by atoms with Gasteiger partial charge < -0.3 is 0 Å². The number of rotatable bonds is 2. The van der Waals surface area contributed by atoms with Crippen molar-refractivity contribution in [2.24, 2.45) is 4.99 Å². The Morgan fingerprint density at radius 1 is 1.64 bits per heavy atom. The van der Waals surface area contributed by atoms with Gasteiger partial charge >= 0.3 is 0 Å². The maximum Gasteiger partial charge on any atom is 0.205 e. The molecule has 1 rings (SSSR count). The minimum atomic E-state index is 0.355. The van der Waals surface area contributed by atoms with E-state index in [1.54, 1.807) is 25.4 Å². The third kappa shape index (κ3) is 2.99. The first-order valence-electron chi connectivity index (χ1n) is 3.85. The second kappa shape index (κ2) is 4.94. The molecule has 0 saturated carbocycles. The molecule has 5 heteroatoms. The van der Waals surface area contributed by atoms with Gasteiger partial charge in [-0.3, -0.25) is 0 Å². The van der Waals surface area contributed by atoms with E-state index in [9.17, 15) is 0 Å². The average Bonchev–Trinajstić information content (AvgIpc) is 2.10. The summed E-state index contributed by atoms with van der Waals surface area (Å²) in [6.07, 6.45) is 3.81. The maximum atomic E-state index is 8.32. The van der Waals surface area contributed by atoms with E-state index < -0.39 is 0 Å². The molecule has 3 nitrogen and oxygen atoms in total. The molecular weight excluding hydrogens is 221 g/mol. The van der Waals surface area contributed by atoms with Crippen LogP contribution in [0.3, 0.4) is 0 Å². The zero-order valence-corrected chi connectivity index (χ0v) is 8.97. The van der Waals surface area contributed by atoms with E-state index in [1.165, 1.54) is 0 Å². The Kier molecular flexibility index (Phi) is 3.87. The quantitative estimate of drug-likeness (QED) is 0.444. The van der Waals surface area contributed by atoms with Crippen LogP contribution in [0.5, 0.6) is 0 Å². The first-order valence-corrected chi connectivity index (χ1v) is 4.61. The fraction of sp³-hybridized carbons (Fsp3) is 0.222. The summed E-state index contributed by atoms with van der Waals surface area (Å²) < 4.78 is 0. The lowest BCUT2D eigenvalue weighted by Gasteiger charge is -2.02. The van der Waals surface area contributed by atoms with Crippen molar-refractivity contribution in [1.29, 1.82) is 5.26 Å². The second-order valence-corrected chi connectivity index (χ2v) is 3.52. The predicted molar refractivity (Wildman–Crippen MR) is 56.7 cm³/mol. The van der Waals surface area contributed by atoms with Crippen molar-refractivity contribution < 1.29 is 0 Å². The van der Waals surface area contributed by atoms with E-state index in [2.05, 4.69) is 9.98 Å². The Labute approximate surface area is 92.0 Å². The lowest BCUT2D eigenvalue weighted by molar-refractivity contribution is 1.21. The van der Waals surface area contributed by atoms with Crippen molar-refractivity contribution >= 4 is 28.9 Å². The van der Waals surface area contributed by atoms with E-state index in [-0.39, 0.29) is 0 Å². The molecule has 0 aliphatic rings. The number of hydrogen-bond acceptors (Lipinski definition) is 3. The minimum Gasteiger partial charge on any atom is -0.244 e. The molecule has 0 aliphatic carbocycles. The SMILES string of the molecule is C/C(Cc1cnc(Cl)cc1Cl)=N/C#N. The van der Waals surface area contributed by atoms with Crippen LogP contribution in [0.2, 0.25) is 10.2 Å². The zero-order valence-electron chi connectivity index (χ0n) is 7.46. The molecule has 0 atom stereocenters. The van der Waals surface area contributed by atoms with Gasteiger partial charge in [-0.2, -0.15) is 10.3 Å². The van der Waals surface area contributed by atoms with Crippen molar-refractivity contribution in [2.75, 3.05) is 0 Å². The third-order valence-corrected chi connectivity index (χ3v) is 2.14. The molecule has 72 valence electrons. The van der Waals surface area contributed by atoms with Gasteiger partial charge in [0.25, 0.3) is 0 Å². The van der Waals surface area contributed by atoms with Gasteiger partial charge in [0, 0.05) is 23.4 Å². The van der Waals surface area contributed by atoms with E-state index in [1.807, 2.05) is 0 Å². The fourth-order valence-electron chi connectivity index (χ4n) is 0.966. The Bertz CT molecular complexity index is 407. The van der Waals surface area contributed by atoms with Crippen molar-refractivity contribution in [2.45, 2.75) is 13.3 Å². The van der Waals surface area contributed by atoms with E-state index in [4.69, 9.17) is 28.5 Å². The summed E-state index contributed by atoms with van der Waals surface area (Å²) in [5, 5.41) is 9.22. The highest BCUT2D eigenvalue weighted by atomic mass is 35.5. The molecule has 0 N–H and O–H groups in total. The monoisotopic (exact) mass is 227 g/mol. The molecule has 0 unspecified atom stereocenters. The normalized spacial score (nSPS) is 11.1. The van der Waals surface area contributed by atoms with Crippen LogP contribution in [0.4, 0.5) is 0 Å². The summed E-state index contributed by atoms with van der Waals surface area (Å²) >= 11 is 11.5. The molecule has 14 heavy (non-hydrogen) atoms. The van der Waals surface area contributed by atoms with Gasteiger partial charge in [0.1, 0.15) is 5.15 Å². The van der Waals surface area contributed by atoms with Crippen molar-refractivity contribution in [3.8, 4) is 6.19 Å². The molecule has 0 fully saturated rings. The fourth-order valence-corrected chi connectivity index (χ4v) is 1.40. The number of nitriles is 1. The first-order chi connectivity index (χ1) is 6.63. The highest BCUT2D eigenvalue weighted by Gasteiger charge is 2.03. The number of nitrogens with zero attached hydrogens (tertiary/aromatic N) is 3. The Morgan fingerprint density at radius 2 is 2.36 bits per heavy atom. The molecule has 0 aliphatic heterocycles. The molecule has 0 spiro atoms. The molecule has 0 radical (unpaired) electrons. The highest BCUT2D eigenvalue weighted by Crippen LogP contribution is 2.19. The number of pyridine rings is 1. The van der Waals surface area contributed by atoms with Gasteiger partial charge in [-0.05, 0) is 18.6 Å². The summed E-state index contributed by atoms with van der Waals surface area (Å²) in [5.74, 6) is 0. The van der Waals surface area contributed by atoms with E-state index in [0.717, 1.165) is 5.56 Å². The number of aromatic nitrogens is 1. The highest BCUT2D eigenvalue weighted by molar-refractivity contribution is 6.34. The summed E-state index contributed by atoms with van der Waals surface area (Å²) in [6, 6.07) is 1.57. The minimum absolute atomic E-state index is 0.355. The maximum absolute atomic E-state index is 8.32. The molecule has 0 bridgehead atoms. The number of aliphatic imine (C=N–C) groups is 1. The smallest absolute Gasteiger partial charge is 0.205 e. The second-order valence-electron chi connectivity index (χ2n) is 2.72. The molecule has 0 amide bonds. The summed E-state index contributed by atoms with van der Waals surface area (Å²) in [4.78, 5) is 7.48. The summed E-state index contributed by atoms with van der Waals surface area (Å²) in [7, 11) is 0. The number of hydrogen-bond donors (Lipinski definition) is 0. The van der Waals surface area contributed by atoms with Gasteiger partial charge in [0.05, 0.1) is 0 Å². The number of halogens is 2. The van der Waals surface area contributed by atoms with Crippen LogP contribution in [0.1, 0.15) is 12.5 Å². The standard InChI is InChI=1S/C9H7Cl2N3/c1-6(14-5-12)2-7-4-13-9(11)3-8(7)10/h3-4H,2H2,1H3/b14-6-. The van der Waals surface area contributed by atoms with Gasteiger partial charge in [-0.15, -0.1) is 0 Å². The largest absolute Gasteiger partial charge is 0.244 e. The topological polar surface area (TPSA) is 49.0 Å². The third-order valence-electron chi connectivity index (χ3n) is 1.58. The zero-order chi connectivity index (χ0) is 10.6. The summed E-state index contributed by atoms with van der Waals surface area (Å²) in [6.45, 7) is 1.76. The molecule has 1 heterocycles. The first kappa shape index (κ1) is 11.0. The molecular formula is C9H7Cl2N3. The lowest BCUT2D eigenvalue weighted by atomic mass is 10.1. The Morgan fingerprint density at radius 3 is 2.93 bits per heavy atom. The van der Waals surface area contributed by atoms with Crippen LogP contribution in [-0.2, 0) is 6.42 Å².